The summed E-state index contributed by atoms with van der Waals surface area (Å²) in [6.07, 6.45) is 8.17. The molecule has 1 N–H and O–H groups in total. The number of aromatic nitrogens is 1. The first kappa shape index (κ1) is 12.6. The molecule has 1 aliphatic carbocycles. The highest BCUT2D eigenvalue weighted by molar-refractivity contribution is 9.10. The van der Waals surface area contributed by atoms with Crippen LogP contribution in [0.15, 0.2) is 22.9 Å². The number of nitrogens with one attached hydrogen (secondary N) is 1. The first-order chi connectivity index (χ1) is 8.15. The van der Waals surface area contributed by atoms with Gasteiger partial charge in [-0.1, -0.05) is 13.3 Å². The van der Waals surface area contributed by atoms with E-state index in [2.05, 4.69) is 33.2 Å². The number of hydrogen-bond acceptors (Lipinski definition) is 2. The van der Waals surface area contributed by atoms with Crippen molar-refractivity contribution in [1.82, 2.24) is 10.3 Å². The number of nitrogens with zero attached hydrogens (tertiary/aromatic N) is 1. The number of carbonyl (C=O) groups excluding carboxylic acids is 1. The summed E-state index contributed by atoms with van der Waals surface area (Å²) in [5.41, 5.74) is 1.01. The second kappa shape index (κ2) is 5.17. The van der Waals surface area contributed by atoms with Crippen LogP contribution < -0.4 is 5.32 Å². The third kappa shape index (κ3) is 3.28. The standard InChI is InChI=1S/C13H17BrN2O/c1-2-3-13(4-5-13)9-16-12(17)10-6-11(14)8-15-7-10/h6-8H,2-5,9H2,1H3,(H,16,17). The Morgan fingerprint density at radius 2 is 2.29 bits per heavy atom. The second-order valence-electron chi connectivity index (χ2n) is 4.82. The number of carbonyl (C=O) groups is 1. The van der Waals surface area contributed by atoms with Crippen molar-refractivity contribution in [3.63, 3.8) is 0 Å². The Labute approximate surface area is 110 Å². The van der Waals surface area contributed by atoms with E-state index >= 15 is 0 Å². The van der Waals surface area contributed by atoms with Crippen molar-refractivity contribution in [1.29, 1.82) is 0 Å². The molecule has 1 aliphatic rings. The van der Waals surface area contributed by atoms with Gasteiger partial charge < -0.3 is 5.32 Å². The van der Waals surface area contributed by atoms with Gasteiger partial charge in [0.2, 0.25) is 0 Å². The maximum absolute atomic E-state index is 11.9. The number of hydrogen-bond donors (Lipinski definition) is 1. The van der Waals surface area contributed by atoms with Crippen molar-refractivity contribution in [3.8, 4) is 0 Å². The summed E-state index contributed by atoms with van der Waals surface area (Å²) in [5.74, 6) is -0.0267. The molecular weight excluding hydrogens is 280 g/mol. The molecule has 4 heteroatoms. The van der Waals surface area contributed by atoms with E-state index in [4.69, 9.17) is 0 Å². The summed E-state index contributed by atoms with van der Waals surface area (Å²) in [6, 6.07) is 1.79. The lowest BCUT2D eigenvalue weighted by Crippen LogP contribution is -2.30. The average molecular weight is 297 g/mol. The third-order valence-electron chi connectivity index (χ3n) is 3.33. The number of pyridine rings is 1. The van der Waals surface area contributed by atoms with Crippen molar-refractivity contribution in [2.45, 2.75) is 32.6 Å². The van der Waals surface area contributed by atoms with E-state index in [0.717, 1.165) is 11.0 Å². The first-order valence-corrected chi connectivity index (χ1v) is 6.83. The van der Waals surface area contributed by atoms with Gasteiger partial charge in [0.1, 0.15) is 0 Å². The van der Waals surface area contributed by atoms with Crippen LogP contribution in [-0.4, -0.2) is 17.4 Å². The van der Waals surface area contributed by atoms with Crippen molar-refractivity contribution in [2.24, 2.45) is 5.41 Å². The fourth-order valence-electron chi connectivity index (χ4n) is 2.13. The number of amides is 1. The van der Waals surface area contributed by atoms with Crippen molar-refractivity contribution < 1.29 is 4.79 Å². The number of rotatable bonds is 5. The zero-order valence-electron chi connectivity index (χ0n) is 10.0. The Hall–Kier alpha value is -0.900. The maximum Gasteiger partial charge on any atom is 0.252 e. The van der Waals surface area contributed by atoms with Gasteiger partial charge in [0.05, 0.1) is 5.56 Å². The molecule has 92 valence electrons. The van der Waals surface area contributed by atoms with Crippen LogP contribution in [-0.2, 0) is 0 Å². The monoisotopic (exact) mass is 296 g/mol. The predicted molar refractivity (Wildman–Crippen MR) is 70.8 cm³/mol. The van der Waals surface area contributed by atoms with E-state index in [9.17, 15) is 4.79 Å². The highest BCUT2D eigenvalue weighted by atomic mass is 79.9. The quantitative estimate of drug-likeness (QED) is 0.907. The zero-order chi connectivity index (χ0) is 12.3. The van der Waals surface area contributed by atoms with E-state index in [1.54, 1.807) is 18.5 Å². The average Bonchev–Trinajstić information content (AvgIpc) is 3.07. The van der Waals surface area contributed by atoms with Crippen LogP contribution in [0.2, 0.25) is 0 Å². The minimum Gasteiger partial charge on any atom is -0.351 e. The third-order valence-corrected chi connectivity index (χ3v) is 3.76. The molecule has 17 heavy (non-hydrogen) atoms. The van der Waals surface area contributed by atoms with Gasteiger partial charge in [0.15, 0.2) is 0 Å². The lowest BCUT2D eigenvalue weighted by Gasteiger charge is -2.14. The largest absolute Gasteiger partial charge is 0.351 e. The molecule has 1 heterocycles. The van der Waals surface area contributed by atoms with Crippen molar-refractivity contribution in [2.75, 3.05) is 6.54 Å². The van der Waals surface area contributed by atoms with E-state index < -0.39 is 0 Å². The fraction of sp³-hybridized carbons (Fsp3) is 0.538. The lowest BCUT2D eigenvalue weighted by molar-refractivity contribution is 0.0943. The maximum atomic E-state index is 11.9. The van der Waals surface area contributed by atoms with Gasteiger partial charge >= 0.3 is 0 Å². The molecule has 2 rings (SSSR count). The van der Waals surface area contributed by atoms with Crippen molar-refractivity contribution in [3.05, 3.63) is 28.5 Å². The number of halogens is 1. The van der Waals surface area contributed by atoms with Gasteiger partial charge in [0, 0.05) is 23.4 Å². The lowest BCUT2D eigenvalue weighted by atomic mass is 10.0. The van der Waals surface area contributed by atoms with Crippen LogP contribution in [0.4, 0.5) is 0 Å². The molecule has 1 saturated carbocycles. The Morgan fingerprint density at radius 1 is 1.53 bits per heavy atom. The Kier molecular flexibility index (Phi) is 3.82. The summed E-state index contributed by atoms with van der Waals surface area (Å²) >= 11 is 3.32. The highest BCUT2D eigenvalue weighted by Gasteiger charge is 2.41. The molecule has 1 aromatic rings. The minimum atomic E-state index is -0.0267. The molecule has 0 saturated heterocycles. The minimum absolute atomic E-state index is 0.0267. The summed E-state index contributed by atoms with van der Waals surface area (Å²) in [6.45, 7) is 2.99. The molecule has 0 atom stereocenters. The topological polar surface area (TPSA) is 42.0 Å². The molecule has 0 unspecified atom stereocenters. The Bertz CT molecular complexity index is 416. The zero-order valence-corrected chi connectivity index (χ0v) is 11.6. The molecular formula is C13H17BrN2O. The molecule has 0 spiro atoms. The van der Waals surface area contributed by atoms with Gasteiger partial charge in [0.25, 0.3) is 5.91 Å². The molecule has 0 bridgehead atoms. The smallest absolute Gasteiger partial charge is 0.252 e. The highest BCUT2D eigenvalue weighted by Crippen LogP contribution is 2.48. The molecule has 0 aliphatic heterocycles. The summed E-state index contributed by atoms with van der Waals surface area (Å²) < 4.78 is 0.833. The van der Waals surface area contributed by atoms with Gasteiger partial charge in [-0.2, -0.15) is 0 Å². The van der Waals surface area contributed by atoms with E-state index in [-0.39, 0.29) is 5.91 Å². The van der Waals surface area contributed by atoms with Gasteiger partial charge in [-0.05, 0) is 46.7 Å². The van der Waals surface area contributed by atoms with Crippen LogP contribution in [0.25, 0.3) is 0 Å². The molecule has 0 aromatic carbocycles. The summed E-state index contributed by atoms with van der Waals surface area (Å²) in [4.78, 5) is 15.9. The van der Waals surface area contributed by atoms with E-state index in [1.807, 2.05) is 0 Å². The molecule has 1 aromatic heterocycles. The van der Waals surface area contributed by atoms with Crippen LogP contribution in [0.1, 0.15) is 43.0 Å². The molecule has 1 fully saturated rings. The normalized spacial score (nSPS) is 16.6. The first-order valence-electron chi connectivity index (χ1n) is 6.04. The van der Waals surface area contributed by atoms with Gasteiger partial charge in [-0.15, -0.1) is 0 Å². The Morgan fingerprint density at radius 3 is 2.88 bits per heavy atom. The molecule has 1 amide bonds. The SMILES string of the molecule is CCCC1(CNC(=O)c2cncc(Br)c2)CC1. The summed E-state index contributed by atoms with van der Waals surface area (Å²) in [5, 5.41) is 3.01. The van der Waals surface area contributed by atoms with Crippen LogP contribution >= 0.6 is 15.9 Å². The van der Waals surface area contributed by atoms with Crippen LogP contribution in [0.3, 0.4) is 0 Å². The van der Waals surface area contributed by atoms with E-state index in [1.165, 1.54) is 25.7 Å². The van der Waals surface area contributed by atoms with Crippen molar-refractivity contribution >= 4 is 21.8 Å². The second-order valence-corrected chi connectivity index (χ2v) is 5.74. The van der Waals surface area contributed by atoms with Crippen LogP contribution in [0.5, 0.6) is 0 Å². The Balaban J connectivity index is 1.90. The fourth-order valence-corrected chi connectivity index (χ4v) is 2.49. The summed E-state index contributed by atoms with van der Waals surface area (Å²) in [7, 11) is 0. The molecule has 3 nitrogen and oxygen atoms in total. The predicted octanol–water partition coefficient (Wildman–Crippen LogP) is 3.15. The van der Waals surface area contributed by atoms with Crippen LogP contribution in [0, 0.1) is 5.41 Å². The van der Waals surface area contributed by atoms with Gasteiger partial charge in [-0.25, -0.2) is 0 Å². The molecule has 0 radical (unpaired) electrons. The van der Waals surface area contributed by atoms with E-state index in [0.29, 0.717) is 11.0 Å². The van der Waals surface area contributed by atoms with Gasteiger partial charge in [-0.3, -0.25) is 9.78 Å².